The van der Waals surface area contributed by atoms with Gasteiger partial charge in [-0.25, -0.2) is 9.18 Å². The molecule has 0 saturated heterocycles. The van der Waals surface area contributed by atoms with E-state index in [0.29, 0.717) is 17.6 Å². The van der Waals surface area contributed by atoms with E-state index in [2.05, 4.69) is 21.0 Å². The van der Waals surface area contributed by atoms with Crippen molar-refractivity contribution in [1.29, 1.82) is 0 Å². The van der Waals surface area contributed by atoms with Gasteiger partial charge in [-0.3, -0.25) is 4.68 Å². The van der Waals surface area contributed by atoms with Crippen LogP contribution >= 0.6 is 15.9 Å². The maximum absolute atomic E-state index is 13.5. The molecule has 21 heavy (non-hydrogen) atoms. The first-order valence-electron chi connectivity index (χ1n) is 6.34. The highest BCUT2D eigenvalue weighted by Gasteiger charge is 2.13. The Labute approximate surface area is 129 Å². The predicted molar refractivity (Wildman–Crippen MR) is 77.4 cm³/mol. The van der Waals surface area contributed by atoms with Gasteiger partial charge < -0.3 is 9.47 Å². The number of halogens is 2. The number of aromatic nitrogens is 2. The van der Waals surface area contributed by atoms with Gasteiger partial charge in [0.2, 0.25) is 0 Å². The highest BCUT2D eigenvalue weighted by Crippen LogP contribution is 2.15. The van der Waals surface area contributed by atoms with Crippen LogP contribution in [0.25, 0.3) is 0 Å². The van der Waals surface area contributed by atoms with Crippen LogP contribution < -0.4 is 0 Å². The Morgan fingerprint density at radius 2 is 2.19 bits per heavy atom. The molecule has 2 rings (SSSR count). The Hall–Kier alpha value is -1.73. The number of ether oxygens (including phenoxy) is 2. The van der Waals surface area contributed by atoms with Crippen molar-refractivity contribution in [3.05, 3.63) is 52.5 Å². The summed E-state index contributed by atoms with van der Waals surface area (Å²) in [4.78, 5) is 11.6. The Morgan fingerprint density at radius 1 is 1.33 bits per heavy atom. The van der Waals surface area contributed by atoms with Gasteiger partial charge in [0.25, 0.3) is 0 Å². The number of carbonyl (C=O) groups excluding carboxylic acids is 1. The molecule has 0 amide bonds. The summed E-state index contributed by atoms with van der Waals surface area (Å²) in [7, 11) is 0. The van der Waals surface area contributed by atoms with Crippen LogP contribution in [0.5, 0.6) is 0 Å². The Morgan fingerprint density at radius 3 is 2.90 bits per heavy atom. The largest absolute Gasteiger partial charge is 0.460 e. The van der Waals surface area contributed by atoms with E-state index in [-0.39, 0.29) is 18.8 Å². The summed E-state index contributed by atoms with van der Waals surface area (Å²) in [5.74, 6) is -1.32. The first-order chi connectivity index (χ1) is 10.2. The maximum Gasteiger partial charge on any atom is 0.341 e. The van der Waals surface area contributed by atoms with Crippen LogP contribution in [0.15, 0.2) is 41.1 Å². The molecule has 1 aromatic carbocycles. The number of esters is 1. The van der Waals surface area contributed by atoms with Crippen molar-refractivity contribution in [3.8, 4) is 0 Å². The molecule has 0 spiro atoms. The van der Waals surface area contributed by atoms with Gasteiger partial charge in [0.05, 0.1) is 25.3 Å². The average molecular weight is 357 g/mol. The molecule has 5 nitrogen and oxygen atoms in total. The summed E-state index contributed by atoms with van der Waals surface area (Å²) in [6.45, 7) is 1.42. The number of hydrogen-bond donors (Lipinski definition) is 0. The Kier molecular flexibility index (Phi) is 5.89. The SMILES string of the molecule is O=C(OCCOCCn1cccn1)c1ccc(Br)cc1F. The molecular formula is C14H14BrFN2O3. The van der Waals surface area contributed by atoms with Crippen molar-refractivity contribution in [2.75, 3.05) is 19.8 Å². The molecule has 112 valence electrons. The summed E-state index contributed by atoms with van der Waals surface area (Å²) in [6.07, 6.45) is 3.52. The molecule has 0 radical (unpaired) electrons. The average Bonchev–Trinajstić information content (AvgIpc) is 2.95. The van der Waals surface area contributed by atoms with Crippen molar-refractivity contribution >= 4 is 21.9 Å². The van der Waals surface area contributed by atoms with Gasteiger partial charge in [-0.2, -0.15) is 5.10 Å². The third kappa shape index (κ3) is 4.95. The summed E-state index contributed by atoms with van der Waals surface area (Å²) < 4.78 is 26.1. The van der Waals surface area contributed by atoms with Crippen LogP contribution in [-0.2, 0) is 16.0 Å². The first-order valence-corrected chi connectivity index (χ1v) is 7.13. The molecule has 0 aliphatic carbocycles. The summed E-state index contributed by atoms with van der Waals surface area (Å²) in [5, 5.41) is 4.02. The minimum Gasteiger partial charge on any atom is -0.460 e. The zero-order chi connectivity index (χ0) is 15.1. The topological polar surface area (TPSA) is 53.4 Å². The molecule has 0 aliphatic heterocycles. The van der Waals surface area contributed by atoms with E-state index in [0.717, 1.165) is 0 Å². The van der Waals surface area contributed by atoms with Gasteiger partial charge in [0.1, 0.15) is 12.4 Å². The number of nitrogens with zero attached hydrogens (tertiary/aromatic N) is 2. The van der Waals surface area contributed by atoms with Crippen LogP contribution in [0, 0.1) is 5.82 Å². The van der Waals surface area contributed by atoms with Crippen molar-refractivity contribution in [3.63, 3.8) is 0 Å². The van der Waals surface area contributed by atoms with E-state index in [1.54, 1.807) is 16.9 Å². The molecule has 0 aliphatic rings. The molecule has 0 fully saturated rings. The molecule has 1 heterocycles. The lowest BCUT2D eigenvalue weighted by Gasteiger charge is -2.07. The third-order valence-corrected chi connectivity index (χ3v) is 3.13. The normalized spacial score (nSPS) is 10.6. The molecule has 7 heteroatoms. The van der Waals surface area contributed by atoms with Crippen molar-refractivity contribution in [2.45, 2.75) is 6.54 Å². The van der Waals surface area contributed by atoms with Gasteiger partial charge in [0, 0.05) is 16.9 Å². The molecule has 0 bridgehead atoms. The highest BCUT2D eigenvalue weighted by molar-refractivity contribution is 9.10. The lowest BCUT2D eigenvalue weighted by atomic mass is 10.2. The minimum atomic E-state index is -0.698. The summed E-state index contributed by atoms with van der Waals surface area (Å²) in [6, 6.07) is 6.01. The van der Waals surface area contributed by atoms with Crippen molar-refractivity contribution in [1.82, 2.24) is 9.78 Å². The summed E-state index contributed by atoms with van der Waals surface area (Å²) >= 11 is 3.12. The summed E-state index contributed by atoms with van der Waals surface area (Å²) in [5.41, 5.74) is -0.0882. The molecule has 0 unspecified atom stereocenters. The van der Waals surface area contributed by atoms with E-state index in [1.165, 1.54) is 12.1 Å². The second-order valence-electron chi connectivity index (χ2n) is 4.14. The van der Waals surface area contributed by atoms with Gasteiger partial charge in [-0.1, -0.05) is 15.9 Å². The standard InChI is InChI=1S/C14H14BrFN2O3/c15-11-2-3-12(13(16)10-11)14(19)21-9-8-20-7-6-18-5-1-4-17-18/h1-5,10H,6-9H2. The fourth-order valence-electron chi connectivity index (χ4n) is 1.62. The number of rotatable bonds is 7. The minimum absolute atomic E-state index is 0.0768. The second-order valence-corrected chi connectivity index (χ2v) is 5.06. The van der Waals surface area contributed by atoms with Gasteiger partial charge in [-0.15, -0.1) is 0 Å². The number of carbonyl (C=O) groups is 1. The second kappa shape index (κ2) is 7.90. The van der Waals surface area contributed by atoms with Crippen LogP contribution in [0.3, 0.4) is 0 Å². The predicted octanol–water partition coefficient (Wildman–Crippen LogP) is 2.66. The Bertz CT molecular complexity index is 590. The highest BCUT2D eigenvalue weighted by atomic mass is 79.9. The van der Waals surface area contributed by atoms with E-state index in [1.807, 2.05) is 12.3 Å². The lowest BCUT2D eigenvalue weighted by molar-refractivity contribution is 0.0299. The van der Waals surface area contributed by atoms with Crippen LogP contribution in [0.1, 0.15) is 10.4 Å². The van der Waals surface area contributed by atoms with E-state index in [9.17, 15) is 9.18 Å². The van der Waals surface area contributed by atoms with Crippen LogP contribution in [0.2, 0.25) is 0 Å². The number of benzene rings is 1. The van der Waals surface area contributed by atoms with Crippen molar-refractivity contribution < 1.29 is 18.7 Å². The zero-order valence-corrected chi connectivity index (χ0v) is 12.8. The Balaban J connectivity index is 1.65. The third-order valence-electron chi connectivity index (χ3n) is 2.64. The molecule has 0 N–H and O–H groups in total. The quantitative estimate of drug-likeness (QED) is 0.565. The van der Waals surface area contributed by atoms with Crippen LogP contribution in [0.4, 0.5) is 4.39 Å². The zero-order valence-electron chi connectivity index (χ0n) is 11.2. The number of hydrogen-bond acceptors (Lipinski definition) is 4. The van der Waals surface area contributed by atoms with E-state index < -0.39 is 11.8 Å². The monoisotopic (exact) mass is 356 g/mol. The molecule has 2 aromatic rings. The fraction of sp³-hybridized carbons (Fsp3) is 0.286. The van der Waals surface area contributed by atoms with E-state index in [4.69, 9.17) is 9.47 Å². The van der Waals surface area contributed by atoms with E-state index >= 15 is 0 Å². The molecule has 0 saturated carbocycles. The molecule has 1 aromatic heterocycles. The first kappa shape index (κ1) is 15.7. The van der Waals surface area contributed by atoms with Gasteiger partial charge in [-0.05, 0) is 24.3 Å². The molecule has 0 atom stereocenters. The smallest absolute Gasteiger partial charge is 0.341 e. The van der Waals surface area contributed by atoms with Crippen molar-refractivity contribution in [2.24, 2.45) is 0 Å². The molecular weight excluding hydrogens is 343 g/mol. The maximum atomic E-state index is 13.5. The van der Waals surface area contributed by atoms with Gasteiger partial charge >= 0.3 is 5.97 Å². The van der Waals surface area contributed by atoms with Gasteiger partial charge in [0.15, 0.2) is 0 Å². The lowest BCUT2D eigenvalue weighted by Crippen LogP contribution is -2.14. The fourth-order valence-corrected chi connectivity index (χ4v) is 1.95. The van der Waals surface area contributed by atoms with Crippen LogP contribution in [-0.4, -0.2) is 35.6 Å².